The van der Waals surface area contributed by atoms with Gasteiger partial charge in [0.15, 0.2) is 0 Å². The van der Waals surface area contributed by atoms with E-state index in [0.717, 1.165) is 6.92 Å². The molecule has 25 heteroatoms. The number of aliphatic carboxylic acids is 1. The maximum absolute atomic E-state index is 14.0. The van der Waals surface area contributed by atoms with Gasteiger partial charge >= 0.3 is 5.97 Å². The maximum atomic E-state index is 14.0. The molecule has 0 bridgehead atoms. The van der Waals surface area contributed by atoms with Crippen molar-refractivity contribution in [2.24, 2.45) is 11.7 Å². The lowest BCUT2D eigenvalue weighted by Gasteiger charge is -2.29. The van der Waals surface area contributed by atoms with E-state index >= 15 is 0 Å². The molecule has 9 amide bonds. The average molecular weight is 923 g/mol. The number of rotatable bonds is 25. The van der Waals surface area contributed by atoms with Crippen LogP contribution in [0.4, 0.5) is 0 Å². The number of hydrogen-bond acceptors (Lipinski definition) is 15. The molecule has 0 unspecified atom stereocenters. The first kappa shape index (κ1) is 54.7. The second-order valence-electron chi connectivity index (χ2n) is 15.5. The second kappa shape index (κ2) is 26.4. The highest BCUT2D eigenvalue weighted by atomic mass is 16.4. The molecule has 0 radical (unpaired) electrons. The third kappa shape index (κ3) is 16.6. The Balaban J connectivity index is 2.18. The fourth-order valence-electron chi connectivity index (χ4n) is 6.35. The van der Waals surface area contributed by atoms with Crippen LogP contribution in [0.1, 0.15) is 59.4 Å². The number of carboxylic acids is 1. The van der Waals surface area contributed by atoms with Crippen LogP contribution in [-0.2, 0) is 54.4 Å². The minimum atomic E-state index is -1.74. The predicted molar refractivity (Wildman–Crippen MR) is 226 cm³/mol. The van der Waals surface area contributed by atoms with E-state index in [4.69, 9.17) is 15.9 Å². The van der Waals surface area contributed by atoms with E-state index in [1.54, 1.807) is 13.8 Å². The molecule has 0 saturated carbocycles. The van der Waals surface area contributed by atoms with Crippen LogP contribution < -0.4 is 48.3 Å². The summed E-state index contributed by atoms with van der Waals surface area (Å²) >= 11 is 0. The highest BCUT2D eigenvalue weighted by Crippen LogP contribution is 2.18. The number of carboxylic acid groups (broad SMARTS) is 1. The van der Waals surface area contributed by atoms with Crippen molar-refractivity contribution < 1.29 is 73.5 Å². The van der Waals surface area contributed by atoms with Gasteiger partial charge in [0.05, 0.1) is 26.4 Å². The lowest BCUT2D eigenvalue weighted by molar-refractivity contribution is -0.143. The van der Waals surface area contributed by atoms with Gasteiger partial charge < -0.3 is 78.7 Å². The number of carbonyl (C=O) groups excluding carboxylic acids is 9. The Bertz CT molecular complexity index is 1870. The number of nitrogens with one attached hydrogen (secondary N) is 8. The Morgan fingerprint density at radius 1 is 0.631 bits per heavy atom. The van der Waals surface area contributed by atoms with Crippen molar-refractivity contribution in [3.05, 3.63) is 29.8 Å². The van der Waals surface area contributed by atoms with Crippen molar-refractivity contribution in [1.82, 2.24) is 47.4 Å². The molecule has 1 aliphatic heterocycles. The van der Waals surface area contributed by atoms with E-state index in [0.29, 0.717) is 31.4 Å². The monoisotopic (exact) mass is 922 g/mol. The molecule has 1 aliphatic rings. The van der Waals surface area contributed by atoms with Crippen LogP contribution in [0.3, 0.4) is 0 Å². The fraction of sp³-hybridized carbons (Fsp3) is 0.600. The van der Waals surface area contributed by atoms with E-state index in [9.17, 15) is 63.3 Å². The number of phenols is 1. The molecule has 1 aromatic carbocycles. The zero-order valence-electron chi connectivity index (χ0n) is 36.8. The summed E-state index contributed by atoms with van der Waals surface area (Å²) in [6.07, 6.45) is 1.06. The van der Waals surface area contributed by atoms with Crippen LogP contribution in [0, 0.1) is 5.92 Å². The van der Waals surface area contributed by atoms with Gasteiger partial charge in [0.2, 0.25) is 53.2 Å². The van der Waals surface area contributed by atoms with Crippen molar-refractivity contribution in [2.45, 2.75) is 115 Å². The topological polar surface area (TPSA) is 397 Å². The summed E-state index contributed by atoms with van der Waals surface area (Å²) in [5.74, 6) is -10.00. The van der Waals surface area contributed by atoms with Crippen molar-refractivity contribution in [1.29, 1.82) is 0 Å². The molecule has 65 heavy (non-hydrogen) atoms. The Kier molecular flexibility index (Phi) is 22.2. The average Bonchev–Trinajstić information content (AvgIpc) is 3.78. The standard InChI is InChI=1S/C40H62N10O15/c1-6-19(2)31(39(63)47-26(16-51)36(60)43-22(5)34(58)46-27(17-52)37(61)48-28(18-53)40(64)65)49-35(59)25(14-23-9-11-24(54)12-10-23)45-33(57)21(4)42-32(56)20(3)44-38(62)29-8-7-13-50(29)30(55)15-41/h9-12,19-22,25-29,31,51-54H,6-8,13-18,41H2,1-5H3,(H,42,56)(H,43,60)(H,44,62)(H,45,57)(H,46,58)(H,47,63)(H,48,61)(H,49,59)(H,64,65)/t19-,20-,21-,22-,25-,26-,27-,28-,29-,31-/m0/s1. The van der Waals surface area contributed by atoms with Crippen molar-refractivity contribution >= 4 is 59.1 Å². The number of aliphatic hydroxyl groups is 3. The summed E-state index contributed by atoms with van der Waals surface area (Å²) in [6.45, 7) is 4.24. The van der Waals surface area contributed by atoms with Crippen molar-refractivity contribution in [3.63, 3.8) is 0 Å². The van der Waals surface area contributed by atoms with Crippen LogP contribution in [-0.4, -0.2) is 177 Å². The van der Waals surface area contributed by atoms with Gasteiger partial charge in [0.1, 0.15) is 60.1 Å². The Morgan fingerprint density at radius 3 is 1.58 bits per heavy atom. The lowest BCUT2D eigenvalue weighted by atomic mass is 9.96. The fourth-order valence-corrected chi connectivity index (χ4v) is 6.35. The van der Waals surface area contributed by atoms with Gasteiger partial charge in [0, 0.05) is 13.0 Å². The number of nitrogens with zero attached hydrogens (tertiary/aromatic N) is 1. The number of phenolic OH excluding ortho intramolecular Hbond substituents is 1. The molecule has 1 aromatic rings. The molecule has 0 aliphatic carbocycles. The van der Waals surface area contributed by atoms with E-state index in [1.807, 2.05) is 5.32 Å². The third-order valence-corrected chi connectivity index (χ3v) is 10.5. The number of aliphatic hydroxyl groups excluding tert-OH is 3. The molecule has 2 rings (SSSR count). The molecule has 15 N–H and O–H groups in total. The van der Waals surface area contributed by atoms with E-state index in [-0.39, 0.29) is 18.7 Å². The van der Waals surface area contributed by atoms with E-state index in [2.05, 4.69) is 37.2 Å². The van der Waals surface area contributed by atoms with Gasteiger partial charge in [-0.3, -0.25) is 43.2 Å². The summed E-state index contributed by atoms with van der Waals surface area (Å²) in [5, 5.41) is 66.4. The Hall–Kier alpha value is -6.44. The first-order valence-electron chi connectivity index (χ1n) is 20.9. The molecule has 1 heterocycles. The largest absolute Gasteiger partial charge is 0.508 e. The van der Waals surface area contributed by atoms with Crippen LogP contribution in [0.25, 0.3) is 0 Å². The molecule has 0 spiro atoms. The highest BCUT2D eigenvalue weighted by Gasteiger charge is 2.37. The highest BCUT2D eigenvalue weighted by molar-refractivity contribution is 5.98. The third-order valence-electron chi connectivity index (χ3n) is 10.5. The quantitative estimate of drug-likeness (QED) is 0.0434. The summed E-state index contributed by atoms with van der Waals surface area (Å²) in [6, 6.07) is -6.95. The number of nitrogens with two attached hydrogens (primary N) is 1. The van der Waals surface area contributed by atoms with Crippen LogP contribution >= 0.6 is 0 Å². The number of likely N-dealkylation sites (tertiary alicyclic amines) is 1. The van der Waals surface area contributed by atoms with Crippen LogP contribution in [0.15, 0.2) is 24.3 Å². The van der Waals surface area contributed by atoms with Gasteiger partial charge in [-0.1, -0.05) is 32.4 Å². The smallest absolute Gasteiger partial charge is 0.328 e. The first-order chi connectivity index (χ1) is 30.6. The van der Waals surface area contributed by atoms with Crippen molar-refractivity contribution in [3.8, 4) is 5.75 Å². The summed E-state index contributed by atoms with van der Waals surface area (Å²) in [5.41, 5.74) is 5.92. The van der Waals surface area contributed by atoms with Gasteiger partial charge in [0.25, 0.3) is 0 Å². The maximum Gasteiger partial charge on any atom is 0.328 e. The van der Waals surface area contributed by atoms with E-state index < -0.39 is 139 Å². The van der Waals surface area contributed by atoms with Crippen LogP contribution in [0.5, 0.6) is 5.75 Å². The van der Waals surface area contributed by atoms with Crippen LogP contribution in [0.2, 0.25) is 0 Å². The van der Waals surface area contributed by atoms with Crippen molar-refractivity contribution in [2.75, 3.05) is 32.9 Å². The molecule has 362 valence electrons. The molecule has 1 fully saturated rings. The molecular formula is C40H62N10O15. The van der Waals surface area contributed by atoms with Gasteiger partial charge in [-0.15, -0.1) is 0 Å². The second-order valence-corrected chi connectivity index (χ2v) is 15.5. The minimum absolute atomic E-state index is 0.0828. The summed E-state index contributed by atoms with van der Waals surface area (Å²) in [7, 11) is 0. The Morgan fingerprint density at radius 2 is 1.08 bits per heavy atom. The van der Waals surface area contributed by atoms with Gasteiger partial charge in [-0.2, -0.15) is 0 Å². The molecule has 25 nitrogen and oxygen atoms in total. The van der Waals surface area contributed by atoms with Gasteiger partial charge in [-0.05, 0) is 57.2 Å². The molecular weight excluding hydrogens is 860 g/mol. The zero-order chi connectivity index (χ0) is 49.1. The Labute approximate surface area is 374 Å². The lowest BCUT2D eigenvalue weighted by Crippen LogP contribution is -2.61. The summed E-state index contributed by atoms with van der Waals surface area (Å²) in [4.78, 5) is 130. The summed E-state index contributed by atoms with van der Waals surface area (Å²) < 4.78 is 0. The molecule has 1 saturated heterocycles. The SMILES string of the molecule is CC[C@H](C)[C@H](NC(=O)[C@H](Cc1ccc(O)cc1)NC(=O)[C@H](C)NC(=O)[C@H](C)NC(=O)[C@@H]1CCCN1C(=O)CN)C(=O)N[C@@H](CO)C(=O)N[C@@H](C)C(=O)N[C@@H](CO)C(=O)N[C@@H](CO)C(=O)O. The normalized spacial score (nSPS) is 17.5. The van der Waals surface area contributed by atoms with Gasteiger partial charge in [-0.25, -0.2) is 4.79 Å². The number of aromatic hydroxyl groups is 1. The number of carbonyl (C=O) groups is 10. The number of hydrogen-bond donors (Lipinski definition) is 14. The predicted octanol–water partition coefficient (Wildman–Crippen LogP) is -6.07. The zero-order valence-corrected chi connectivity index (χ0v) is 36.8. The number of benzene rings is 1. The molecule has 0 aromatic heterocycles. The number of amides is 9. The minimum Gasteiger partial charge on any atom is -0.508 e. The van der Waals surface area contributed by atoms with E-state index in [1.165, 1.54) is 43.0 Å². The molecule has 10 atom stereocenters. The first-order valence-corrected chi connectivity index (χ1v) is 20.9.